The van der Waals surface area contributed by atoms with Crippen LogP contribution in [0.4, 0.5) is 0 Å². The quantitative estimate of drug-likeness (QED) is 0.0368. The topological polar surface area (TPSA) is 92.7 Å². The third-order valence-electron chi connectivity index (χ3n) is 10.7. The van der Waals surface area contributed by atoms with E-state index in [9.17, 15) is 14.4 Å². The molecule has 0 heterocycles. The van der Waals surface area contributed by atoms with Gasteiger partial charge in [0.25, 0.3) is 0 Å². The molecule has 0 bridgehead atoms. The number of amides is 1. The Kier molecular flexibility index (Phi) is 41.4. The number of ether oxygens (including phenoxy) is 1. The van der Waals surface area contributed by atoms with Crippen molar-refractivity contribution in [1.82, 2.24) is 5.32 Å². The Labute approximate surface area is 329 Å². The molecule has 1 atom stereocenters. The van der Waals surface area contributed by atoms with Gasteiger partial charge in [-0.25, -0.2) is 0 Å². The van der Waals surface area contributed by atoms with Crippen molar-refractivity contribution in [1.29, 1.82) is 0 Å². The maximum Gasteiger partial charge on any atom is 0.322 e. The zero-order valence-electron chi connectivity index (χ0n) is 35.4. The Morgan fingerprint density at radius 1 is 0.491 bits per heavy atom. The molecule has 6 nitrogen and oxygen atoms in total. The number of carboxylic acid groups (broad SMARTS) is 1. The monoisotopic (exact) mass is 748 g/mol. The fourth-order valence-corrected chi connectivity index (χ4v) is 7.19. The number of esters is 1. The molecule has 0 aromatic heterocycles. The number of nitrogens with one attached hydrogen (secondary N) is 1. The Hall–Kier alpha value is -1.85. The van der Waals surface area contributed by atoms with Gasteiger partial charge < -0.3 is 15.2 Å². The van der Waals surface area contributed by atoms with Gasteiger partial charge in [-0.15, -0.1) is 0 Å². The number of aliphatic carboxylic acids is 1. The molecule has 6 heteroatoms. The van der Waals surface area contributed by atoms with Gasteiger partial charge in [0.15, 0.2) is 0 Å². The van der Waals surface area contributed by atoms with Crippen LogP contribution < -0.4 is 5.32 Å². The lowest BCUT2D eigenvalue weighted by Crippen LogP contribution is -2.28. The number of carboxylic acids is 1. The Morgan fingerprint density at radius 3 is 1.26 bits per heavy atom. The van der Waals surface area contributed by atoms with E-state index < -0.39 is 5.97 Å². The normalized spacial score (nSPS) is 12.0. The molecule has 2 N–H and O–H groups in total. The van der Waals surface area contributed by atoms with Gasteiger partial charge in [-0.3, -0.25) is 14.4 Å². The van der Waals surface area contributed by atoms with Crippen molar-refractivity contribution in [3.63, 3.8) is 0 Å². The fraction of sp³-hybridized carbons (Fsp3) is 0.894. The molecule has 0 aliphatic carbocycles. The zero-order chi connectivity index (χ0) is 38.7. The van der Waals surface area contributed by atoms with Crippen molar-refractivity contribution in [2.75, 3.05) is 6.54 Å². The van der Waals surface area contributed by atoms with E-state index in [-0.39, 0.29) is 24.5 Å². The predicted molar refractivity (Wildman–Crippen MR) is 226 cm³/mol. The molecule has 53 heavy (non-hydrogen) atoms. The van der Waals surface area contributed by atoms with Crippen LogP contribution >= 0.6 is 0 Å². The minimum Gasteiger partial charge on any atom is -0.480 e. The minimum absolute atomic E-state index is 0.0748. The second-order valence-electron chi connectivity index (χ2n) is 16.0. The van der Waals surface area contributed by atoms with Crippen LogP contribution in [0.2, 0.25) is 0 Å². The molecule has 0 fully saturated rings. The minimum atomic E-state index is -1.02. The third kappa shape index (κ3) is 42.8. The van der Waals surface area contributed by atoms with Crippen molar-refractivity contribution in [3.05, 3.63) is 12.2 Å². The second kappa shape index (κ2) is 42.9. The number of carbonyl (C=O) groups is 3. The molecule has 0 saturated heterocycles. The van der Waals surface area contributed by atoms with E-state index in [1.807, 2.05) is 0 Å². The Morgan fingerprint density at radius 2 is 0.849 bits per heavy atom. The van der Waals surface area contributed by atoms with Gasteiger partial charge >= 0.3 is 11.9 Å². The van der Waals surface area contributed by atoms with Crippen LogP contribution in [0.15, 0.2) is 12.2 Å². The predicted octanol–water partition coefficient (Wildman–Crippen LogP) is 14.5. The summed E-state index contributed by atoms with van der Waals surface area (Å²) in [5.41, 5.74) is 0. The van der Waals surface area contributed by atoms with Gasteiger partial charge in [0.2, 0.25) is 5.91 Å². The van der Waals surface area contributed by atoms with E-state index in [4.69, 9.17) is 9.84 Å². The highest BCUT2D eigenvalue weighted by Gasteiger charge is 2.12. The third-order valence-corrected chi connectivity index (χ3v) is 10.7. The molecule has 0 spiro atoms. The van der Waals surface area contributed by atoms with Gasteiger partial charge in [0.05, 0.1) is 0 Å². The number of hydrogen-bond acceptors (Lipinski definition) is 4. The molecule has 0 aliphatic rings. The SMILES string of the molecule is CCCCCCCCC/C=C\C(CCCCCCC(=O)NCC(=O)O)OC(=O)CCCCCCCCCCCCCCCCCCCCCCCCC. The molecular formula is C47H89NO5. The summed E-state index contributed by atoms with van der Waals surface area (Å²) in [4.78, 5) is 35.0. The molecule has 0 saturated carbocycles. The summed E-state index contributed by atoms with van der Waals surface area (Å²) >= 11 is 0. The largest absolute Gasteiger partial charge is 0.480 e. The first-order valence-electron chi connectivity index (χ1n) is 23.3. The summed E-state index contributed by atoms with van der Waals surface area (Å²) in [6.07, 6.45) is 50.9. The van der Waals surface area contributed by atoms with E-state index in [1.54, 1.807) is 0 Å². The Bertz CT molecular complexity index is 828. The molecule has 0 aliphatic heterocycles. The van der Waals surface area contributed by atoms with Gasteiger partial charge in [-0.1, -0.05) is 213 Å². The number of allylic oxidation sites excluding steroid dienone is 1. The van der Waals surface area contributed by atoms with E-state index in [1.165, 1.54) is 180 Å². The van der Waals surface area contributed by atoms with Gasteiger partial charge in [-0.05, 0) is 44.6 Å². The van der Waals surface area contributed by atoms with Gasteiger partial charge in [0, 0.05) is 12.8 Å². The van der Waals surface area contributed by atoms with Gasteiger partial charge in [0.1, 0.15) is 12.6 Å². The highest BCUT2D eigenvalue weighted by atomic mass is 16.5. The highest BCUT2D eigenvalue weighted by molar-refractivity contribution is 5.80. The van der Waals surface area contributed by atoms with Crippen molar-refractivity contribution >= 4 is 17.8 Å². The number of hydrogen-bond donors (Lipinski definition) is 2. The summed E-state index contributed by atoms with van der Waals surface area (Å²) in [7, 11) is 0. The molecule has 0 aromatic carbocycles. The molecule has 0 rings (SSSR count). The lowest BCUT2D eigenvalue weighted by atomic mass is 10.0. The molecule has 0 aromatic rings. The maximum absolute atomic E-state index is 12.7. The van der Waals surface area contributed by atoms with Crippen LogP contribution in [-0.4, -0.2) is 35.6 Å². The van der Waals surface area contributed by atoms with E-state index in [0.717, 1.165) is 51.4 Å². The van der Waals surface area contributed by atoms with Crippen LogP contribution in [0, 0.1) is 0 Å². The van der Waals surface area contributed by atoms with Crippen molar-refractivity contribution < 1.29 is 24.2 Å². The smallest absolute Gasteiger partial charge is 0.322 e. The average Bonchev–Trinajstić information content (AvgIpc) is 3.14. The fourth-order valence-electron chi connectivity index (χ4n) is 7.19. The standard InChI is InChI=1S/C47H89NO5/c1-3-5-7-9-11-13-14-15-16-17-18-19-20-21-22-23-24-25-26-28-30-32-38-42-47(52)53-44(39-35-31-29-27-12-10-8-6-4-2)40-36-33-34-37-41-45(49)48-43-46(50)51/h35,39,44H,3-34,36-38,40-43H2,1-2H3,(H,48,49)(H,50,51)/b39-35-. The lowest BCUT2D eigenvalue weighted by Gasteiger charge is -2.15. The molecule has 1 amide bonds. The summed E-state index contributed by atoms with van der Waals surface area (Å²) in [6, 6.07) is 0. The van der Waals surface area contributed by atoms with Crippen molar-refractivity contribution in [2.45, 2.75) is 264 Å². The average molecular weight is 748 g/mol. The summed E-state index contributed by atoms with van der Waals surface area (Å²) in [6.45, 7) is 4.22. The number of unbranched alkanes of at least 4 members (excludes halogenated alkanes) is 32. The molecular weight excluding hydrogens is 659 g/mol. The summed E-state index contributed by atoms with van der Waals surface area (Å²) in [5, 5.41) is 11.1. The highest BCUT2D eigenvalue weighted by Crippen LogP contribution is 2.17. The molecule has 1 unspecified atom stereocenters. The first-order valence-corrected chi connectivity index (χ1v) is 23.3. The first-order chi connectivity index (χ1) is 26.0. The molecule has 0 radical (unpaired) electrons. The first kappa shape index (κ1) is 51.1. The van der Waals surface area contributed by atoms with E-state index >= 15 is 0 Å². The number of rotatable bonds is 43. The molecule has 312 valence electrons. The van der Waals surface area contributed by atoms with Crippen LogP contribution in [-0.2, 0) is 19.1 Å². The van der Waals surface area contributed by atoms with Gasteiger partial charge in [-0.2, -0.15) is 0 Å². The van der Waals surface area contributed by atoms with Crippen LogP contribution in [0.25, 0.3) is 0 Å². The second-order valence-corrected chi connectivity index (χ2v) is 16.0. The van der Waals surface area contributed by atoms with Crippen molar-refractivity contribution in [2.24, 2.45) is 0 Å². The van der Waals surface area contributed by atoms with Crippen LogP contribution in [0.5, 0.6) is 0 Å². The summed E-state index contributed by atoms with van der Waals surface area (Å²) < 4.78 is 5.93. The Balaban J connectivity index is 3.91. The van der Waals surface area contributed by atoms with Crippen LogP contribution in [0.1, 0.15) is 258 Å². The van der Waals surface area contributed by atoms with Crippen LogP contribution in [0.3, 0.4) is 0 Å². The summed E-state index contributed by atoms with van der Waals surface area (Å²) in [5.74, 6) is -1.31. The number of carbonyl (C=O) groups excluding carboxylic acids is 2. The van der Waals surface area contributed by atoms with E-state index in [0.29, 0.717) is 12.8 Å². The maximum atomic E-state index is 12.7. The zero-order valence-corrected chi connectivity index (χ0v) is 35.4. The van der Waals surface area contributed by atoms with E-state index in [2.05, 4.69) is 31.3 Å². The lowest BCUT2D eigenvalue weighted by molar-refractivity contribution is -0.147. The van der Waals surface area contributed by atoms with Crippen molar-refractivity contribution in [3.8, 4) is 0 Å².